The number of thiophene rings is 1. The summed E-state index contributed by atoms with van der Waals surface area (Å²) in [7, 11) is 0. The number of carbonyl (C=O) groups excluding carboxylic acids is 2. The lowest BCUT2D eigenvalue weighted by atomic mass is 9.66. The van der Waals surface area contributed by atoms with E-state index >= 15 is 0 Å². The van der Waals surface area contributed by atoms with Crippen LogP contribution in [0.25, 0.3) is 11.6 Å². The lowest BCUT2D eigenvalue weighted by Gasteiger charge is -2.38. The number of hydrogen-bond donors (Lipinski definition) is 3. The van der Waals surface area contributed by atoms with Crippen molar-refractivity contribution < 1.29 is 24.9 Å². The summed E-state index contributed by atoms with van der Waals surface area (Å²) in [5.41, 5.74) is 4.56. The third-order valence-corrected chi connectivity index (χ3v) is 9.26. The molecule has 3 N–H and O–H groups in total. The van der Waals surface area contributed by atoms with Gasteiger partial charge in [0.2, 0.25) is 11.8 Å². The molecule has 1 fully saturated rings. The highest BCUT2D eigenvalue weighted by Gasteiger charge is 2.55. The molecule has 3 aromatic rings. The summed E-state index contributed by atoms with van der Waals surface area (Å²) in [6.07, 6.45) is 2.48. The van der Waals surface area contributed by atoms with Crippen molar-refractivity contribution in [1.29, 1.82) is 0 Å². The van der Waals surface area contributed by atoms with Crippen LogP contribution in [0.15, 0.2) is 83.3 Å². The average Bonchev–Trinajstić information content (AvgIpc) is 3.57. The third-order valence-electron chi connectivity index (χ3n) is 8.40. The molecule has 0 radical (unpaired) electrons. The Morgan fingerprint density at radius 3 is 2.49 bits per heavy atom. The number of allylic oxidation sites excluding steroid dienone is 2. The zero-order valence-corrected chi connectivity index (χ0v) is 24.3. The van der Waals surface area contributed by atoms with E-state index in [9.17, 15) is 24.9 Å². The van der Waals surface area contributed by atoms with Gasteiger partial charge >= 0.3 is 0 Å². The fourth-order valence-electron chi connectivity index (χ4n) is 6.44. The quantitative estimate of drug-likeness (QED) is 0.160. The molecular weight excluding hydrogens is 534 g/mol. The lowest BCUT2D eigenvalue weighted by Crippen LogP contribution is -2.39. The van der Waals surface area contributed by atoms with Crippen molar-refractivity contribution in [2.24, 2.45) is 23.7 Å². The van der Waals surface area contributed by atoms with E-state index in [1.807, 2.05) is 73.8 Å². The number of aliphatic hydroxyl groups excluding tert-OH is 2. The average molecular weight is 572 g/mol. The van der Waals surface area contributed by atoms with Gasteiger partial charge in [-0.05, 0) is 71.0 Å². The summed E-state index contributed by atoms with van der Waals surface area (Å²) < 4.78 is 0. The van der Waals surface area contributed by atoms with Crippen LogP contribution in [0.2, 0.25) is 0 Å². The number of fused-ring (bicyclic) bond motifs is 1. The molecule has 2 aliphatic rings. The van der Waals surface area contributed by atoms with Gasteiger partial charge < -0.3 is 15.3 Å². The van der Waals surface area contributed by atoms with E-state index in [0.29, 0.717) is 24.8 Å². The normalized spacial score (nSPS) is 22.0. The Hall–Kier alpha value is -3.52. The van der Waals surface area contributed by atoms with Gasteiger partial charge in [-0.15, -0.1) is 11.3 Å². The van der Waals surface area contributed by atoms with E-state index in [2.05, 4.69) is 0 Å². The molecule has 7 heteroatoms. The monoisotopic (exact) mass is 571 g/mol. The molecule has 0 saturated carbocycles. The van der Waals surface area contributed by atoms with Crippen molar-refractivity contribution in [3.05, 3.63) is 99.3 Å². The molecule has 2 aromatic carbocycles. The topological polar surface area (TPSA) is 98.1 Å². The molecule has 1 aliphatic heterocycles. The number of carbonyl (C=O) groups is 2. The van der Waals surface area contributed by atoms with Gasteiger partial charge in [-0.3, -0.25) is 14.5 Å². The maximum Gasteiger partial charge on any atom is 0.234 e. The van der Waals surface area contributed by atoms with Crippen molar-refractivity contribution in [2.75, 3.05) is 6.61 Å². The van der Waals surface area contributed by atoms with Gasteiger partial charge in [0, 0.05) is 10.8 Å². The van der Waals surface area contributed by atoms with Crippen molar-refractivity contribution in [2.45, 2.75) is 45.8 Å². The Labute approximate surface area is 245 Å². The van der Waals surface area contributed by atoms with Crippen molar-refractivity contribution in [3.63, 3.8) is 0 Å². The largest absolute Gasteiger partial charge is 0.508 e. The first kappa shape index (κ1) is 29.0. The summed E-state index contributed by atoms with van der Waals surface area (Å²) in [6.45, 7) is 4.02. The second kappa shape index (κ2) is 12.6. The Balaban J connectivity index is 1.43. The van der Waals surface area contributed by atoms with Crippen molar-refractivity contribution in [3.8, 4) is 5.75 Å². The molecule has 2 heterocycles. The van der Waals surface area contributed by atoms with Gasteiger partial charge in [-0.1, -0.05) is 74.0 Å². The van der Waals surface area contributed by atoms with Gasteiger partial charge in [-0.2, -0.15) is 0 Å². The second-order valence-corrected chi connectivity index (χ2v) is 12.3. The summed E-state index contributed by atoms with van der Waals surface area (Å²) in [6, 6.07) is 20.8. The highest BCUT2D eigenvalue weighted by Crippen LogP contribution is 2.48. The van der Waals surface area contributed by atoms with E-state index in [4.69, 9.17) is 0 Å². The van der Waals surface area contributed by atoms with Gasteiger partial charge in [0.15, 0.2) is 0 Å². The van der Waals surface area contributed by atoms with Crippen LogP contribution in [0, 0.1) is 23.7 Å². The van der Waals surface area contributed by atoms with Gasteiger partial charge in [0.1, 0.15) is 5.75 Å². The molecule has 6 nitrogen and oxygen atoms in total. The summed E-state index contributed by atoms with van der Waals surface area (Å²) >= 11 is 1.51. The number of benzene rings is 2. The predicted octanol–water partition coefficient (Wildman–Crippen LogP) is 5.90. The smallest absolute Gasteiger partial charge is 0.234 e. The van der Waals surface area contributed by atoms with E-state index in [1.54, 1.807) is 18.2 Å². The molecule has 0 unspecified atom stereocenters. The van der Waals surface area contributed by atoms with Gasteiger partial charge in [-0.25, -0.2) is 0 Å². The molecule has 1 aliphatic carbocycles. The number of aliphatic hydroxyl groups is 2. The predicted molar refractivity (Wildman–Crippen MR) is 162 cm³/mol. The maximum absolute atomic E-state index is 13.6. The van der Waals surface area contributed by atoms with E-state index in [-0.39, 0.29) is 36.6 Å². The number of phenolic OH excluding ortho intramolecular Hbond substituents is 1. The van der Waals surface area contributed by atoms with Crippen LogP contribution in [0.5, 0.6) is 5.75 Å². The zero-order chi connectivity index (χ0) is 29.1. The summed E-state index contributed by atoms with van der Waals surface area (Å²) in [5.74, 6) is -1.99. The first-order valence-corrected chi connectivity index (χ1v) is 15.1. The highest BCUT2D eigenvalue weighted by atomic mass is 32.1. The molecule has 4 atom stereocenters. The number of phenols is 1. The molecule has 214 valence electrons. The Kier molecular flexibility index (Phi) is 8.88. The number of nitrogens with zero attached hydrogens (tertiary/aromatic N) is 1. The number of amides is 2. The van der Waals surface area contributed by atoms with Gasteiger partial charge in [0.05, 0.1) is 31.1 Å². The fourth-order valence-corrected chi connectivity index (χ4v) is 7.13. The number of imide groups is 1. The molecule has 41 heavy (non-hydrogen) atoms. The summed E-state index contributed by atoms with van der Waals surface area (Å²) in [5, 5.41) is 34.2. The molecule has 0 spiro atoms. The number of aromatic hydroxyl groups is 1. The first-order chi connectivity index (χ1) is 19.8. The van der Waals surface area contributed by atoms with Crippen LogP contribution in [0.3, 0.4) is 0 Å². The number of hydrogen-bond acceptors (Lipinski definition) is 6. The standard InChI is InChI=1S/C34H37NO5S/c1-21(2)27-18-28-32(34(40)35(33(28)39)19-26-12-7-15-41-26)29(20-36)31(27)30(38)14-13-24(23-9-4-3-5-10-23)16-22-8-6-11-25(37)17-22/h3-12,15-17,21,28-30,32,36-38H,13-14,18-20H2,1-2H3/b24-16-/t28-,29+,30-,32-/m1/s1. The highest BCUT2D eigenvalue weighted by molar-refractivity contribution is 7.09. The zero-order valence-electron chi connectivity index (χ0n) is 23.4. The van der Waals surface area contributed by atoms with Crippen molar-refractivity contribution in [1.82, 2.24) is 4.90 Å². The van der Waals surface area contributed by atoms with Crippen LogP contribution in [0.4, 0.5) is 0 Å². The minimum Gasteiger partial charge on any atom is -0.508 e. The first-order valence-electron chi connectivity index (χ1n) is 14.2. The summed E-state index contributed by atoms with van der Waals surface area (Å²) in [4.78, 5) is 29.4. The van der Waals surface area contributed by atoms with Crippen molar-refractivity contribution >= 4 is 34.8 Å². The van der Waals surface area contributed by atoms with Gasteiger partial charge in [0.25, 0.3) is 0 Å². The SMILES string of the molecule is CC(C)C1=C([C@H](O)CC/C(=C/c2cccc(O)c2)c2ccccc2)[C@H](CO)[C@@H]2C(=O)N(Cc3cccs3)C(=O)[C@@H]2C1. The number of rotatable bonds is 10. The minimum absolute atomic E-state index is 0.0559. The maximum atomic E-state index is 13.6. The number of likely N-dealkylation sites (tertiary alicyclic amines) is 1. The van der Waals surface area contributed by atoms with Crippen LogP contribution in [-0.4, -0.2) is 44.7 Å². The molecule has 1 aromatic heterocycles. The Morgan fingerprint density at radius 2 is 1.83 bits per heavy atom. The van der Waals surface area contributed by atoms with Crippen LogP contribution in [-0.2, 0) is 16.1 Å². The van der Waals surface area contributed by atoms with E-state index < -0.39 is 23.9 Å². The van der Waals surface area contributed by atoms with Crippen LogP contribution < -0.4 is 0 Å². The van der Waals surface area contributed by atoms with Crippen LogP contribution >= 0.6 is 11.3 Å². The molecular formula is C34H37NO5S. The second-order valence-electron chi connectivity index (χ2n) is 11.3. The van der Waals surface area contributed by atoms with E-state index in [1.165, 1.54) is 16.2 Å². The molecule has 1 saturated heterocycles. The minimum atomic E-state index is -0.879. The lowest BCUT2D eigenvalue weighted by molar-refractivity contribution is -0.140. The fraction of sp³-hybridized carbons (Fsp3) is 0.353. The third kappa shape index (κ3) is 6.08. The Morgan fingerprint density at radius 1 is 1.05 bits per heavy atom. The van der Waals surface area contributed by atoms with Crippen LogP contribution in [0.1, 0.15) is 49.1 Å². The molecule has 5 rings (SSSR count). The molecule has 0 bridgehead atoms. The van der Waals surface area contributed by atoms with E-state index in [0.717, 1.165) is 27.2 Å². The molecule has 2 amide bonds. The Bertz CT molecular complexity index is 1440.